The smallest absolute Gasteiger partial charge is 0.295 e. The molecule has 0 saturated heterocycles. The third kappa shape index (κ3) is 5.64. The van der Waals surface area contributed by atoms with Crippen molar-refractivity contribution in [3.8, 4) is 0 Å². The average molecular weight is 425 g/mol. The molecule has 2 aromatic heterocycles. The van der Waals surface area contributed by atoms with E-state index >= 15 is 0 Å². The van der Waals surface area contributed by atoms with Crippen molar-refractivity contribution in [3.05, 3.63) is 71.5 Å². The Balaban J connectivity index is 1.52. The van der Waals surface area contributed by atoms with Gasteiger partial charge < -0.3 is 19.6 Å². The normalized spacial score (nSPS) is 11.0. The number of rotatable bonds is 10. The molecule has 0 aliphatic carbocycles. The molecule has 1 amide bonds. The summed E-state index contributed by atoms with van der Waals surface area (Å²) in [6.45, 7) is 8.41. The number of nitrogens with one attached hydrogen (secondary N) is 2. The molecule has 1 aromatic carbocycles. The minimum Gasteiger partial charge on any atom is -0.424 e. The summed E-state index contributed by atoms with van der Waals surface area (Å²) in [7, 11) is 0. The molecular weight excluding hydrogens is 400 g/mol. The molecule has 2 heterocycles. The molecule has 3 rings (SSSR count). The summed E-state index contributed by atoms with van der Waals surface area (Å²) >= 11 is 1.54. The lowest BCUT2D eigenvalue weighted by atomic mass is 10.2. The van der Waals surface area contributed by atoms with Crippen LogP contribution in [0.2, 0.25) is 0 Å². The molecule has 0 saturated carbocycles. The Morgan fingerprint density at radius 3 is 2.87 bits per heavy atom. The number of amides is 1. The van der Waals surface area contributed by atoms with Gasteiger partial charge in [-0.1, -0.05) is 29.9 Å². The summed E-state index contributed by atoms with van der Waals surface area (Å²) in [5.74, 6) is 1.85. The van der Waals surface area contributed by atoms with Gasteiger partial charge in [-0.25, -0.2) is 0 Å². The third-order valence-electron chi connectivity index (χ3n) is 4.06. The van der Waals surface area contributed by atoms with Crippen LogP contribution in [0.3, 0.4) is 0 Å². The minimum atomic E-state index is -0.137. The van der Waals surface area contributed by atoms with E-state index in [0.717, 1.165) is 16.3 Å². The van der Waals surface area contributed by atoms with Crippen molar-refractivity contribution in [2.75, 3.05) is 18.4 Å². The van der Waals surface area contributed by atoms with Crippen LogP contribution in [0.5, 0.6) is 0 Å². The van der Waals surface area contributed by atoms with Crippen molar-refractivity contribution in [3.63, 3.8) is 0 Å². The van der Waals surface area contributed by atoms with Crippen molar-refractivity contribution in [1.29, 1.82) is 0 Å². The van der Waals surface area contributed by atoms with Gasteiger partial charge in [0, 0.05) is 24.1 Å². The maximum atomic E-state index is 12.6. The van der Waals surface area contributed by atoms with E-state index in [4.69, 9.17) is 8.94 Å². The molecule has 156 valence electrons. The van der Waals surface area contributed by atoms with Gasteiger partial charge in [0.2, 0.25) is 0 Å². The highest BCUT2D eigenvalue weighted by atomic mass is 32.2. The molecule has 0 atom stereocenters. The summed E-state index contributed by atoms with van der Waals surface area (Å²) in [6, 6.07) is 9.78. The lowest BCUT2D eigenvalue weighted by Crippen LogP contribution is -2.29. The fourth-order valence-electron chi connectivity index (χ4n) is 2.70. The molecule has 0 radical (unpaired) electrons. The molecule has 8 heteroatoms. The number of benzene rings is 1. The van der Waals surface area contributed by atoms with Crippen LogP contribution in [0, 0.1) is 6.92 Å². The van der Waals surface area contributed by atoms with Crippen molar-refractivity contribution < 1.29 is 13.7 Å². The number of hydrogen-bond acceptors (Lipinski definition) is 7. The SMILES string of the molecule is C=Cc1oc(NCCNC(=O)c2ccccc2SCc2cc(C)no2)nc1/C=C\C. The predicted molar refractivity (Wildman–Crippen MR) is 119 cm³/mol. The van der Waals surface area contributed by atoms with Crippen LogP contribution in [-0.2, 0) is 5.75 Å². The standard InChI is InChI=1S/C22H24N4O3S/c1-4-8-18-19(5-2)28-22(25-18)24-12-11-23-21(27)17-9-6-7-10-20(17)30-14-16-13-15(3)26-29-16/h4-10,13H,2,11-12,14H2,1,3H3,(H,23,27)(H,24,25)/b8-4-. The summed E-state index contributed by atoms with van der Waals surface area (Å²) in [5, 5.41) is 9.88. The zero-order valence-electron chi connectivity index (χ0n) is 17.0. The second-order valence-electron chi connectivity index (χ2n) is 6.37. The largest absolute Gasteiger partial charge is 0.424 e. The molecular formula is C22H24N4O3S. The van der Waals surface area contributed by atoms with Gasteiger partial charge in [0.05, 0.1) is 17.0 Å². The Morgan fingerprint density at radius 1 is 1.30 bits per heavy atom. The van der Waals surface area contributed by atoms with Gasteiger partial charge >= 0.3 is 0 Å². The summed E-state index contributed by atoms with van der Waals surface area (Å²) in [5.41, 5.74) is 2.18. The Bertz CT molecular complexity index is 1040. The van der Waals surface area contributed by atoms with Crippen LogP contribution < -0.4 is 10.6 Å². The van der Waals surface area contributed by atoms with Crippen LogP contribution in [0.4, 0.5) is 6.01 Å². The van der Waals surface area contributed by atoms with E-state index in [-0.39, 0.29) is 5.91 Å². The Hall–Kier alpha value is -3.26. The number of anilines is 1. The second kappa shape index (κ2) is 10.5. The van der Waals surface area contributed by atoms with Gasteiger partial charge in [-0.3, -0.25) is 4.79 Å². The molecule has 0 unspecified atom stereocenters. The molecule has 3 aromatic rings. The van der Waals surface area contributed by atoms with Gasteiger partial charge in [0.1, 0.15) is 11.5 Å². The van der Waals surface area contributed by atoms with Crippen molar-refractivity contribution in [2.45, 2.75) is 24.5 Å². The maximum Gasteiger partial charge on any atom is 0.295 e. The Labute approximate surface area is 179 Å². The van der Waals surface area contributed by atoms with Gasteiger partial charge in [-0.2, -0.15) is 4.98 Å². The highest BCUT2D eigenvalue weighted by Gasteiger charge is 2.13. The minimum absolute atomic E-state index is 0.137. The van der Waals surface area contributed by atoms with Crippen LogP contribution >= 0.6 is 11.8 Å². The number of aromatic nitrogens is 2. The number of carbonyl (C=O) groups excluding carboxylic acids is 1. The maximum absolute atomic E-state index is 12.6. The van der Waals surface area contributed by atoms with Gasteiger partial charge in [0.25, 0.3) is 11.9 Å². The van der Waals surface area contributed by atoms with Crippen molar-refractivity contribution in [1.82, 2.24) is 15.5 Å². The van der Waals surface area contributed by atoms with E-state index in [9.17, 15) is 4.79 Å². The first-order valence-corrected chi connectivity index (χ1v) is 10.5. The van der Waals surface area contributed by atoms with Gasteiger partial charge in [-0.05, 0) is 38.1 Å². The highest BCUT2D eigenvalue weighted by molar-refractivity contribution is 7.98. The highest BCUT2D eigenvalue weighted by Crippen LogP contribution is 2.26. The van der Waals surface area contributed by atoms with Crippen LogP contribution in [0.25, 0.3) is 12.2 Å². The molecule has 0 aliphatic heterocycles. The fourth-order valence-corrected chi connectivity index (χ4v) is 3.62. The third-order valence-corrected chi connectivity index (χ3v) is 5.15. The first-order valence-electron chi connectivity index (χ1n) is 9.52. The number of oxazole rings is 1. The lowest BCUT2D eigenvalue weighted by Gasteiger charge is -2.09. The monoisotopic (exact) mass is 424 g/mol. The number of hydrogen-bond donors (Lipinski definition) is 2. The molecule has 0 bridgehead atoms. The van der Waals surface area contributed by atoms with Crippen molar-refractivity contribution >= 4 is 35.8 Å². The van der Waals surface area contributed by atoms with Crippen LogP contribution in [-0.4, -0.2) is 29.1 Å². The van der Waals surface area contributed by atoms with E-state index in [1.165, 1.54) is 11.8 Å². The van der Waals surface area contributed by atoms with Crippen molar-refractivity contribution in [2.24, 2.45) is 0 Å². The first-order chi connectivity index (χ1) is 14.6. The average Bonchev–Trinajstić information content (AvgIpc) is 3.35. The summed E-state index contributed by atoms with van der Waals surface area (Å²) in [6.07, 6.45) is 5.35. The second-order valence-corrected chi connectivity index (χ2v) is 7.39. The van der Waals surface area contributed by atoms with E-state index in [1.54, 1.807) is 6.08 Å². The number of carbonyl (C=O) groups is 1. The zero-order chi connectivity index (χ0) is 21.3. The molecule has 0 aliphatic rings. The van der Waals surface area contributed by atoms with Gasteiger partial charge in [-0.15, -0.1) is 11.8 Å². The summed E-state index contributed by atoms with van der Waals surface area (Å²) in [4.78, 5) is 17.9. The zero-order valence-corrected chi connectivity index (χ0v) is 17.8. The van der Waals surface area contributed by atoms with Gasteiger partial charge in [0.15, 0.2) is 5.76 Å². The van der Waals surface area contributed by atoms with E-state index in [2.05, 4.69) is 27.4 Å². The number of aryl methyl sites for hydroxylation is 1. The molecule has 30 heavy (non-hydrogen) atoms. The van der Waals surface area contributed by atoms with E-state index in [0.29, 0.717) is 41.9 Å². The fraction of sp³-hybridized carbons (Fsp3) is 0.227. The Morgan fingerprint density at radius 2 is 2.13 bits per heavy atom. The molecule has 0 fully saturated rings. The quantitative estimate of drug-likeness (QED) is 0.357. The molecule has 0 spiro atoms. The van der Waals surface area contributed by atoms with Crippen LogP contribution in [0.15, 0.2) is 56.8 Å². The molecule has 2 N–H and O–H groups in total. The first kappa shape index (κ1) is 21.4. The van der Waals surface area contributed by atoms with E-state index in [1.807, 2.05) is 56.3 Å². The number of thioether (sulfide) groups is 1. The van der Waals surface area contributed by atoms with E-state index < -0.39 is 0 Å². The van der Waals surface area contributed by atoms with Crippen LogP contribution in [0.1, 0.15) is 40.2 Å². The molecule has 7 nitrogen and oxygen atoms in total. The predicted octanol–water partition coefficient (Wildman–Crippen LogP) is 4.78. The topological polar surface area (TPSA) is 93.2 Å². The Kier molecular flexibility index (Phi) is 7.51. The summed E-state index contributed by atoms with van der Waals surface area (Å²) < 4.78 is 10.8. The lowest BCUT2D eigenvalue weighted by molar-refractivity contribution is 0.0952. The number of allylic oxidation sites excluding steroid dienone is 1. The number of nitrogens with zero attached hydrogens (tertiary/aromatic N) is 2.